The van der Waals surface area contributed by atoms with Gasteiger partial charge in [0.05, 0.1) is 0 Å². The van der Waals surface area contributed by atoms with Crippen LogP contribution in [0.3, 0.4) is 0 Å². The zero-order valence-corrected chi connectivity index (χ0v) is 11.0. The molecule has 2 heterocycles. The topological polar surface area (TPSA) is 75.0 Å². The summed E-state index contributed by atoms with van der Waals surface area (Å²) in [6.45, 7) is 4.71. The summed E-state index contributed by atoms with van der Waals surface area (Å²) in [5, 5.41) is 0. The Morgan fingerprint density at radius 1 is 1.50 bits per heavy atom. The number of piperidine rings is 1. The minimum Gasteiger partial charge on any atom is -0.342 e. The molecule has 0 spiro atoms. The largest absolute Gasteiger partial charge is 0.342 e. The molecule has 3 N–H and O–H groups in total. The number of hydrogen-bond donors (Lipinski definition) is 2. The van der Waals surface area contributed by atoms with Crippen molar-refractivity contribution in [2.24, 2.45) is 11.7 Å². The van der Waals surface area contributed by atoms with Gasteiger partial charge in [-0.1, -0.05) is 13.3 Å². The van der Waals surface area contributed by atoms with E-state index >= 15 is 0 Å². The summed E-state index contributed by atoms with van der Waals surface area (Å²) in [5.74, 6) is 1.34. The van der Waals surface area contributed by atoms with Gasteiger partial charge in [-0.15, -0.1) is 0 Å². The highest BCUT2D eigenvalue weighted by Crippen LogP contribution is 2.19. The number of H-pyrrole nitrogens is 1. The Morgan fingerprint density at radius 3 is 2.83 bits per heavy atom. The average molecular weight is 250 g/mol. The minimum atomic E-state index is -0.0515. The number of anilines is 1. The van der Waals surface area contributed by atoms with Crippen molar-refractivity contribution in [1.82, 2.24) is 9.97 Å². The number of aromatic nitrogens is 2. The zero-order chi connectivity index (χ0) is 13.0. The average Bonchev–Trinajstić information content (AvgIpc) is 2.38. The lowest BCUT2D eigenvalue weighted by Gasteiger charge is -2.31. The predicted molar refractivity (Wildman–Crippen MR) is 72.8 cm³/mol. The molecule has 1 fully saturated rings. The van der Waals surface area contributed by atoms with Gasteiger partial charge in [0.1, 0.15) is 0 Å². The first kappa shape index (κ1) is 13.1. The third kappa shape index (κ3) is 3.10. The van der Waals surface area contributed by atoms with Crippen molar-refractivity contribution in [3.05, 3.63) is 22.1 Å². The van der Waals surface area contributed by atoms with Gasteiger partial charge < -0.3 is 10.6 Å². The molecule has 1 aliphatic heterocycles. The molecule has 0 radical (unpaired) electrons. The normalized spacial score (nSPS) is 17.1. The fourth-order valence-corrected chi connectivity index (χ4v) is 2.41. The van der Waals surface area contributed by atoms with Crippen LogP contribution in [0.4, 0.5) is 5.95 Å². The second-order valence-corrected chi connectivity index (χ2v) is 4.98. The van der Waals surface area contributed by atoms with Crippen molar-refractivity contribution in [2.75, 3.05) is 24.5 Å². The first-order valence-corrected chi connectivity index (χ1v) is 6.78. The Hall–Kier alpha value is -1.36. The van der Waals surface area contributed by atoms with Crippen LogP contribution < -0.4 is 16.2 Å². The van der Waals surface area contributed by atoms with Gasteiger partial charge in [-0.2, -0.15) is 0 Å². The van der Waals surface area contributed by atoms with Gasteiger partial charge in [0.25, 0.3) is 5.56 Å². The summed E-state index contributed by atoms with van der Waals surface area (Å²) in [4.78, 5) is 21.1. The van der Waals surface area contributed by atoms with Crippen LogP contribution in [0.2, 0.25) is 0 Å². The number of aromatic amines is 1. The van der Waals surface area contributed by atoms with E-state index in [1.54, 1.807) is 6.07 Å². The maximum atomic E-state index is 11.6. The van der Waals surface area contributed by atoms with Gasteiger partial charge >= 0.3 is 0 Å². The molecule has 100 valence electrons. The lowest BCUT2D eigenvalue weighted by atomic mass is 9.97. The van der Waals surface area contributed by atoms with Gasteiger partial charge in [0.2, 0.25) is 5.95 Å². The summed E-state index contributed by atoms with van der Waals surface area (Å²) in [5.41, 5.74) is 6.52. The highest BCUT2D eigenvalue weighted by molar-refractivity contribution is 5.31. The Bertz CT molecular complexity index is 435. The smallest absolute Gasteiger partial charge is 0.252 e. The van der Waals surface area contributed by atoms with Gasteiger partial charge in [-0.25, -0.2) is 4.98 Å². The molecule has 0 aromatic carbocycles. The Kier molecular flexibility index (Phi) is 4.36. The number of rotatable bonds is 4. The lowest BCUT2D eigenvalue weighted by molar-refractivity contribution is 0.411. The van der Waals surface area contributed by atoms with Crippen molar-refractivity contribution < 1.29 is 0 Å². The van der Waals surface area contributed by atoms with Crippen LogP contribution in [-0.4, -0.2) is 29.6 Å². The van der Waals surface area contributed by atoms with Crippen molar-refractivity contribution in [2.45, 2.75) is 32.6 Å². The first-order valence-electron chi connectivity index (χ1n) is 6.78. The summed E-state index contributed by atoms with van der Waals surface area (Å²) in [6.07, 6.45) is 4.03. The quantitative estimate of drug-likeness (QED) is 0.832. The van der Waals surface area contributed by atoms with E-state index in [1.807, 2.05) is 0 Å². The molecule has 18 heavy (non-hydrogen) atoms. The second-order valence-electron chi connectivity index (χ2n) is 4.98. The van der Waals surface area contributed by atoms with E-state index in [9.17, 15) is 4.79 Å². The fourth-order valence-electron chi connectivity index (χ4n) is 2.41. The van der Waals surface area contributed by atoms with E-state index in [0.29, 0.717) is 5.92 Å². The number of aryl methyl sites for hydroxylation is 1. The predicted octanol–water partition coefficient (Wildman–Crippen LogP) is 0.897. The summed E-state index contributed by atoms with van der Waals surface area (Å²) in [7, 11) is 0. The van der Waals surface area contributed by atoms with Crippen molar-refractivity contribution in [3.63, 3.8) is 0 Å². The molecule has 1 aliphatic rings. The van der Waals surface area contributed by atoms with E-state index in [1.165, 1.54) is 0 Å². The highest BCUT2D eigenvalue weighted by atomic mass is 16.1. The summed E-state index contributed by atoms with van der Waals surface area (Å²) >= 11 is 0. The van der Waals surface area contributed by atoms with Crippen LogP contribution in [0, 0.1) is 5.92 Å². The van der Waals surface area contributed by atoms with E-state index < -0.39 is 0 Å². The maximum absolute atomic E-state index is 11.6. The van der Waals surface area contributed by atoms with E-state index in [0.717, 1.165) is 57.0 Å². The van der Waals surface area contributed by atoms with Gasteiger partial charge in [-0.05, 0) is 31.7 Å². The third-order valence-electron chi connectivity index (χ3n) is 3.54. The molecule has 0 unspecified atom stereocenters. The second kappa shape index (κ2) is 6.00. The molecular weight excluding hydrogens is 228 g/mol. The molecule has 0 atom stereocenters. The fraction of sp³-hybridized carbons (Fsp3) is 0.692. The molecule has 1 aromatic heterocycles. The SMILES string of the molecule is CCCc1cc(=O)[nH]c(N2CCC(CN)CC2)n1. The van der Waals surface area contributed by atoms with Crippen molar-refractivity contribution in [3.8, 4) is 0 Å². The van der Waals surface area contributed by atoms with Gasteiger partial charge in [-0.3, -0.25) is 9.78 Å². The van der Waals surface area contributed by atoms with E-state index in [2.05, 4.69) is 21.8 Å². The van der Waals surface area contributed by atoms with Crippen molar-refractivity contribution in [1.29, 1.82) is 0 Å². The molecule has 0 saturated carbocycles. The van der Waals surface area contributed by atoms with E-state index in [-0.39, 0.29) is 5.56 Å². The molecule has 1 saturated heterocycles. The number of hydrogen-bond acceptors (Lipinski definition) is 4. The lowest BCUT2D eigenvalue weighted by Crippen LogP contribution is -2.38. The van der Waals surface area contributed by atoms with Crippen LogP contribution in [0.5, 0.6) is 0 Å². The van der Waals surface area contributed by atoms with E-state index in [4.69, 9.17) is 5.73 Å². The number of nitrogens with one attached hydrogen (secondary N) is 1. The van der Waals surface area contributed by atoms with Crippen LogP contribution in [-0.2, 0) is 6.42 Å². The monoisotopic (exact) mass is 250 g/mol. The zero-order valence-electron chi connectivity index (χ0n) is 11.0. The molecule has 0 aliphatic carbocycles. The van der Waals surface area contributed by atoms with Crippen LogP contribution >= 0.6 is 0 Å². The molecule has 1 aromatic rings. The highest BCUT2D eigenvalue weighted by Gasteiger charge is 2.19. The van der Waals surface area contributed by atoms with Gasteiger partial charge in [0, 0.05) is 24.8 Å². The molecule has 2 rings (SSSR count). The molecular formula is C13H22N4O. The van der Waals surface area contributed by atoms with Crippen LogP contribution in [0.25, 0.3) is 0 Å². The summed E-state index contributed by atoms with van der Waals surface area (Å²) < 4.78 is 0. The Balaban J connectivity index is 2.11. The number of nitrogens with two attached hydrogens (primary N) is 1. The summed E-state index contributed by atoms with van der Waals surface area (Å²) in [6, 6.07) is 1.60. The van der Waals surface area contributed by atoms with Gasteiger partial charge in [0.15, 0.2) is 0 Å². The van der Waals surface area contributed by atoms with Crippen LogP contribution in [0.1, 0.15) is 31.9 Å². The molecule has 0 bridgehead atoms. The standard InChI is InChI=1S/C13H22N4O/c1-2-3-11-8-12(18)16-13(15-11)17-6-4-10(9-14)5-7-17/h8,10H,2-7,9,14H2,1H3,(H,15,16,18). The molecule has 5 nitrogen and oxygen atoms in total. The first-order chi connectivity index (χ1) is 8.72. The van der Waals surface area contributed by atoms with Crippen LogP contribution in [0.15, 0.2) is 10.9 Å². The third-order valence-corrected chi connectivity index (χ3v) is 3.54. The Labute approximate surface area is 107 Å². The van der Waals surface area contributed by atoms with Crippen molar-refractivity contribution >= 4 is 5.95 Å². The Morgan fingerprint density at radius 2 is 2.22 bits per heavy atom. The molecule has 0 amide bonds. The number of nitrogens with zero attached hydrogens (tertiary/aromatic N) is 2. The maximum Gasteiger partial charge on any atom is 0.252 e. The molecule has 5 heteroatoms. The minimum absolute atomic E-state index is 0.0515.